The van der Waals surface area contributed by atoms with Gasteiger partial charge in [-0.1, -0.05) is 12.1 Å². The highest BCUT2D eigenvalue weighted by atomic mass is 16.3. The van der Waals surface area contributed by atoms with Gasteiger partial charge in [0.15, 0.2) is 0 Å². The van der Waals surface area contributed by atoms with Crippen LogP contribution < -0.4 is 0 Å². The zero-order valence-electron chi connectivity index (χ0n) is 11.1. The fourth-order valence-corrected chi connectivity index (χ4v) is 2.21. The standard InChI is InChI=1S/C15H18N2O2/c1-14(18,12-7-3-5-9-16-12)11-15(2,19)13-8-4-6-10-17-13/h3-10,18-19H,11H2,1-2H3. The third-order valence-corrected chi connectivity index (χ3v) is 3.12. The van der Waals surface area contributed by atoms with Crippen molar-refractivity contribution in [2.45, 2.75) is 31.5 Å². The van der Waals surface area contributed by atoms with Crippen LogP contribution in [-0.2, 0) is 11.2 Å². The third kappa shape index (κ3) is 3.16. The topological polar surface area (TPSA) is 66.2 Å². The summed E-state index contributed by atoms with van der Waals surface area (Å²) in [6, 6.07) is 10.7. The van der Waals surface area contributed by atoms with E-state index in [1.54, 1.807) is 50.5 Å². The summed E-state index contributed by atoms with van der Waals surface area (Å²) in [7, 11) is 0. The number of nitrogens with zero attached hydrogens (tertiary/aromatic N) is 2. The van der Waals surface area contributed by atoms with Gasteiger partial charge in [-0.15, -0.1) is 0 Å². The molecule has 2 N–H and O–H groups in total. The second-order valence-corrected chi connectivity index (χ2v) is 5.15. The molecule has 0 saturated carbocycles. The van der Waals surface area contributed by atoms with Crippen molar-refractivity contribution in [1.29, 1.82) is 0 Å². The molecule has 4 nitrogen and oxygen atoms in total. The maximum absolute atomic E-state index is 10.5. The molecule has 4 heteroatoms. The van der Waals surface area contributed by atoms with E-state index in [9.17, 15) is 10.2 Å². The second kappa shape index (κ2) is 5.07. The molecule has 19 heavy (non-hydrogen) atoms. The Labute approximate surface area is 112 Å². The van der Waals surface area contributed by atoms with Gasteiger partial charge < -0.3 is 10.2 Å². The summed E-state index contributed by atoms with van der Waals surface area (Å²) in [5.74, 6) is 0. The van der Waals surface area contributed by atoms with Gasteiger partial charge in [0, 0.05) is 18.8 Å². The van der Waals surface area contributed by atoms with E-state index in [1.165, 1.54) is 0 Å². The first-order valence-corrected chi connectivity index (χ1v) is 6.20. The summed E-state index contributed by atoms with van der Waals surface area (Å²) in [6.07, 6.45) is 3.37. The highest BCUT2D eigenvalue weighted by Crippen LogP contribution is 2.33. The Hall–Kier alpha value is -1.78. The fourth-order valence-electron chi connectivity index (χ4n) is 2.21. The van der Waals surface area contributed by atoms with Crippen molar-refractivity contribution in [3.05, 3.63) is 60.2 Å². The Kier molecular flexibility index (Phi) is 3.64. The van der Waals surface area contributed by atoms with E-state index >= 15 is 0 Å². The molecule has 0 radical (unpaired) electrons. The molecule has 2 atom stereocenters. The van der Waals surface area contributed by atoms with Crippen LogP contribution >= 0.6 is 0 Å². The van der Waals surface area contributed by atoms with Gasteiger partial charge in [-0.2, -0.15) is 0 Å². The normalized spacial score (nSPS) is 17.5. The minimum absolute atomic E-state index is 0.119. The molecule has 2 aromatic rings. The van der Waals surface area contributed by atoms with Crippen LogP contribution in [0.15, 0.2) is 48.8 Å². The molecule has 2 heterocycles. The largest absolute Gasteiger partial charge is 0.384 e. The Morgan fingerprint density at radius 2 is 1.26 bits per heavy atom. The van der Waals surface area contributed by atoms with Crippen LogP contribution in [0.2, 0.25) is 0 Å². The van der Waals surface area contributed by atoms with Crippen LogP contribution in [0.25, 0.3) is 0 Å². The van der Waals surface area contributed by atoms with E-state index in [1.807, 2.05) is 12.1 Å². The third-order valence-electron chi connectivity index (χ3n) is 3.12. The van der Waals surface area contributed by atoms with Gasteiger partial charge in [0.1, 0.15) is 11.2 Å². The molecule has 100 valence electrons. The SMILES string of the molecule is CC(O)(CC(C)(O)c1ccccn1)c1ccccn1. The van der Waals surface area contributed by atoms with Crippen LogP contribution in [0.5, 0.6) is 0 Å². The number of aliphatic hydroxyl groups is 2. The van der Waals surface area contributed by atoms with Gasteiger partial charge in [-0.3, -0.25) is 9.97 Å². The average Bonchev–Trinajstić information content (AvgIpc) is 2.40. The van der Waals surface area contributed by atoms with Crippen LogP contribution in [0.1, 0.15) is 31.7 Å². The molecule has 2 rings (SSSR count). The number of aromatic nitrogens is 2. The maximum Gasteiger partial charge on any atom is 0.107 e. The lowest BCUT2D eigenvalue weighted by atomic mass is 9.84. The van der Waals surface area contributed by atoms with Crippen molar-refractivity contribution in [3.63, 3.8) is 0 Å². The molecular weight excluding hydrogens is 240 g/mol. The number of rotatable bonds is 4. The summed E-state index contributed by atoms with van der Waals surface area (Å²) in [5, 5.41) is 21.1. The van der Waals surface area contributed by atoms with Crippen LogP contribution in [0, 0.1) is 0 Å². The van der Waals surface area contributed by atoms with Gasteiger partial charge in [-0.25, -0.2) is 0 Å². The predicted molar refractivity (Wildman–Crippen MR) is 72.2 cm³/mol. The molecule has 2 aromatic heterocycles. The second-order valence-electron chi connectivity index (χ2n) is 5.15. The van der Waals surface area contributed by atoms with E-state index in [0.717, 1.165) is 0 Å². The summed E-state index contributed by atoms with van der Waals surface area (Å²) in [4.78, 5) is 8.29. The molecule has 0 aliphatic heterocycles. The van der Waals surface area contributed by atoms with Crippen molar-refractivity contribution in [2.75, 3.05) is 0 Å². The maximum atomic E-state index is 10.5. The molecule has 0 bridgehead atoms. The van der Waals surface area contributed by atoms with Gasteiger partial charge in [0.25, 0.3) is 0 Å². The molecule has 0 aromatic carbocycles. The first-order chi connectivity index (χ1) is 8.92. The van der Waals surface area contributed by atoms with Gasteiger partial charge in [0.2, 0.25) is 0 Å². The van der Waals surface area contributed by atoms with E-state index in [2.05, 4.69) is 9.97 Å². The quantitative estimate of drug-likeness (QED) is 0.880. The molecule has 0 saturated heterocycles. The van der Waals surface area contributed by atoms with Crippen LogP contribution in [0.3, 0.4) is 0 Å². The first kappa shape index (κ1) is 13.6. The van der Waals surface area contributed by atoms with E-state index in [-0.39, 0.29) is 6.42 Å². The zero-order chi connectivity index (χ0) is 13.9. The lowest BCUT2D eigenvalue weighted by molar-refractivity contribution is -0.0568. The number of hydrogen-bond donors (Lipinski definition) is 2. The van der Waals surface area contributed by atoms with Crippen molar-refractivity contribution < 1.29 is 10.2 Å². The van der Waals surface area contributed by atoms with Gasteiger partial charge in [0.05, 0.1) is 11.4 Å². The molecular formula is C15H18N2O2. The van der Waals surface area contributed by atoms with Crippen LogP contribution in [0.4, 0.5) is 0 Å². The monoisotopic (exact) mass is 258 g/mol. The Morgan fingerprint density at radius 1 is 0.842 bits per heavy atom. The van der Waals surface area contributed by atoms with E-state index in [4.69, 9.17) is 0 Å². The summed E-state index contributed by atoms with van der Waals surface area (Å²) < 4.78 is 0. The zero-order valence-corrected chi connectivity index (χ0v) is 11.1. The van der Waals surface area contributed by atoms with E-state index in [0.29, 0.717) is 11.4 Å². The molecule has 0 amide bonds. The Balaban J connectivity index is 2.25. The highest BCUT2D eigenvalue weighted by Gasteiger charge is 2.36. The van der Waals surface area contributed by atoms with Crippen molar-refractivity contribution in [2.24, 2.45) is 0 Å². The summed E-state index contributed by atoms with van der Waals surface area (Å²) >= 11 is 0. The summed E-state index contributed by atoms with van der Waals surface area (Å²) in [5.41, 5.74) is -1.37. The van der Waals surface area contributed by atoms with Crippen LogP contribution in [-0.4, -0.2) is 20.2 Å². The molecule has 2 unspecified atom stereocenters. The smallest absolute Gasteiger partial charge is 0.107 e. The lowest BCUT2D eigenvalue weighted by Crippen LogP contribution is -2.35. The van der Waals surface area contributed by atoms with Gasteiger partial charge in [-0.05, 0) is 38.1 Å². The average molecular weight is 258 g/mol. The fraction of sp³-hybridized carbons (Fsp3) is 0.333. The minimum atomic E-state index is -1.22. The first-order valence-electron chi connectivity index (χ1n) is 6.20. The Morgan fingerprint density at radius 3 is 1.58 bits per heavy atom. The van der Waals surface area contributed by atoms with Crippen molar-refractivity contribution in [3.8, 4) is 0 Å². The predicted octanol–water partition coefficient (Wildman–Crippen LogP) is 1.98. The van der Waals surface area contributed by atoms with Crippen molar-refractivity contribution >= 4 is 0 Å². The molecule has 0 aliphatic rings. The number of pyridine rings is 2. The molecule has 0 fully saturated rings. The molecule has 0 spiro atoms. The van der Waals surface area contributed by atoms with E-state index < -0.39 is 11.2 Å². The number of hydrogen-bond acceptors (Lipinski definition) is 4. The van der Waals surface area contributed by atoms with Crippen molar-refractivity contribution in [1.82, 2.24) is 9.97 Å². The molecule has 0 aliphatic carbocycles. The Bertz CT molecular complexity index is 475. The highest BCUT2D eigenvalue weighted by molar-refractivity contribution is 5.17. The lowest BCUT2D eigenvalue weighted by Gasteiger charge is -2.31. The minimum Gasteiger partial charge on any atom is -0.384 e. The summed E-state index contributed by atoms with van der Waals surface area (Å²) in [6.45, 7) is 3.29. The van der Waals surface area contributed by atoms with Gasteiger partial charge >= 0.3 is 0 Å².